The number of nitrogens with two attached hydrogens (primary N) is 1. The Labute approximate surface area is 196 Å². The SMILES string of the molecule is CC(C(=O)NCCc1ccc(S(N)(=O)=O)cc1)N1CCC(NC(=O)NC2CCCCC2)CC1. The summed E-state index contributed by atoms with van der Waals surface area (Å²) in [5.74, 6) is -0.0300. The second-order valence-electron chi connectivity index (χ2n) is 9.17. The predicted octanol–water partition coefficient (Wildman–Crippen LogP) is 1.48. The lowest BCUT2D eigenvalue weighted by molar-refractivity contribution is -0.126. The molecule has 3 amide bonds. The zero-order chi connectivity index (χ0) is 23.8. The molecule has 1 saturated heterocycles. The van der Waals surface area contributed by atoms with Crippen molar-refractivity contribution >= 4 is 22.0 Å². The smallest absolute Gasteiger partial charge is 0.315 e. The number of primary sulfonamides is 1. The van der Waals surface area contributed by atoms with E-state index in [2.05, 4.69) is 20.9 Å². The van der Waals surface area contributed by atoms with Crippen LogP contribution in [-0.2, 0) is 21.2 Å². The predicted molar refractivity (Wildman–Crippen MR) is 127 cm³/mol. The van der Waals surface area contributed by atoms with Crippen molar-refractivity contribution < 1.29 is 18.0 Å². The number of likely N-dealkylation sites (tertiary alicyclic amines) is 1. The summed E-state index contributed by atoms with van der Waals surface area (Å²) >= 11 is 0. The summed E-state index contributed by atoms with van der Waals surface area (Å²) in [6.45, 7) is 3.90. The number of carbonyl (C=O) groups is 2. The van der Waals surface area contributed by atoms with Gasteiger partial charge in [-0.05, 0) is 56.7 Å². The van der Waals surface area contributed by atoms with E-state index in [-0.39, 0.29) is 28.9 Å². The summed E-state index contributed by atoms with van der Waals surface area (Å²) in [6.07, 6.45) is 8.03. The first-order valence-corrected chi connectivity index (χ1v) is 13.5. The van der Waals surface area contributed by atoms with E-state index in [1.54, 1.807) is 12.1 Å². The van der Waals surface area contributed by atoms with Crippen molar-refractivity contribution in [2.24, 2.45) is 5.14 Å². The summed E-state index contributed by atoms with van der Waals surface area (Å²) in [4.78, 5) is 27.1. The average molecular weight is 480 g/mol. The van der Waals surface area contributed by atoms with E-state index in [1.165, 1.54) is 31.4 Å². The van der Waals surface area contributed by atoms with Gasteiger partial charge in [0.25, 0.3) is 0 Å². The molecular formula is C23H37N5O4S. The average Bonchev–Trinajstić information content (AvgIpc) is 2.79. The van der Waals surface area contributed by atoms with Gasteiger partial charge < -0.3 is 16.0 Å². The van der Waals surface area contributed by atoms with Gasteiger partial charge in [0.05, 0.1) is 10.9 Å². The van der Waals surface area contributed by atoms with Crippen LogP contribution in [0.2, 0.25) is 0 Å². The fourth-order valence-corrected chi connectivity index (χ4v) is 5.10. The molecule has 5 N–H and O–H groups in total. The van der Waals surface area contributed by atoms with Crippen LogP contribution in [0.5, 0.6) is 0 Å². The van der Waals surface area contributed by atoms with Crippen molar-refractivity contribution in [1.82, 2.24) is 20.9 Å². The van der Waals surface area contributed by atoms with Crippen LogP contribution in [0, 0.1) is 0 Å². The van der Waals surface area contributed by atoms with Crippen LogP contribution in [0.4, 0.5) is 4.79 Å². The monoisotopic (exact) mass is 479 g/mol. The minimum atomic E-state index is -3.70. The Hall–Kier alpha value is -2.17. The van der Waals surface area contributed by atoms with E-state index in [0.29, 0.717) is 19.0 Å². The molecule has 184 valence electrons. The minimum Gasteiger partial charge on any atom is -0.354 e. The zero-order valence-electron chi connectivity index (χ0n) is 19.4. The third-order valence-corrected chi connectivity index (χ3v) is 7.63. The molecule has 2 aliphatic rings. The van der Waals surface area contributed by atoms with Gasteiger partial charge in [-0.25, -0.2) is 18.4 Å². The maximum Gasteiger partial charge on any atom is 0.315 e. The minimum absolute atomic E-state index is 0.0300. The van der Waals surface area contributed by atoms with E-state index in [0.717, 1.165) is 44.3 Å². The quantitative estimate of drug-likeness (QED) is 0.448. The number of carbonyl (C=O) groups excluding carboxylic acids is 2. The standard InChI is InChI=1S/C23H37N5O4S/c1-17(22(29)25-14-11-18-7-9-21(10-8-18)33(24,31)32)28-15-12-20(13-16-28)27-23(30)26-19-5-3-2-4-6-19/h7-10,17,19-20H,2-6,11-16H2,1H3,(H,25,29)(H2,24,31,32)(H2,26,27,30). The van der Waals surface area contributed by atoms with E-state index in [1.807, 2.05) is 6.92 Å². The third-order valence-electron chi connectivity index (χ3n) is 6.70. The Balaban J connectivity index is 1.34. The first kappa shape index (κ1) is 25.5. The number of hydrogen-bond donors (Lipinski definition) is 4. The molecule has 1 unspecified atom stereocenters. The van der Waals surface area contributed by atoms with Crippen LogP contribution in [0.15, 0.2) is 29.2 Å². The van der Waals surface area contributed by atoms with Gasteiger partial charge in [-0.2, -0.15) is 0 Å². The number of sulfonamides is 1. The number of piperidine rings is 1. The van der Waals surface area contributed by atoms with Crippen molar-refractivity contribution in [3.63, 3.8) is 0 Å². The number of hydrogen-bond acceptors (Lipinski definition) is 5. The summed E-state index contributed by atoms with van der Waals surface area (Å²) in [5.41, 5.74) is 0.925. The number of rotatable bonds is 8. The molecule has 0 radical (unpaired) electrons. The highest BCUT2D eigenvalue weighted by atomic mass is 32.2. The van der Waals surface area contributed by atoms with Crippen LogP contribution >= 0.6 is 0 Å². The van der Waals surface area contributed by atoms with Gasteiger partial charge in [0.2, 0.25) is 15.9 Å². The zero-order valence-corrected chi connectivity index (χ0v) is 20.2. The van der Waals surface area contributed by atoms with Gasteiger partial charge in [0.1, 0.15) is 0 Å². The molecule has 10 heteroatoms. The van der Waals surface area contributed by atoms with Crippen LogP contribution in [0.1, 0.15) is 57.4 Å². The van der Waals surface area contributed by atoms with Crippen molar-refractivity contribution in [3.05, 3.63) is 29.8 Å². The lowest BCUT2D eigenvalue weighted by Gasteiger charge is -2.35. The largest absolute Gasteiger partial charge is 0.354 e. The fraction of sp³-hybridized carbons (Fsp3) is 0.652. The molecule has 33 heavy (non-hydrogen) atoms. The first-order valence-electron chi connectivity index (χ1n) is 11.9. The Bertz CT molecular complexity index is 892. The van der Waals surface area contributed by atoms with Crippen LogP contribution in [0.3, 0.4) is 0 Å². The van der Waals surface area contributed by atoms with Gasteiger partial charge >= 0.3 is 6.03 Å². The van der Waals surface area contributed by atoms with Crippen molar-refractivity contribution in [3.8, 4) is 0 Å². The summed E-state index contributed by atoms with van der Waals surface area (Å²) in [5, 5.41) is 14.3. The van der Waals surface area contributed by atoms with Crippen LogP contribution in [-0.4, -0.2) is 63.0 Å². The van der Waals surface area contributed by atoms with E-state index >= 15 is 0 Å². The van der Waals surface area contributed by atoms with Gasteiger partial charge in [-0.3, -0.25) is 9.69 Å². The highest BCUT2D eigenvalue weighted by Crippen LogP contribution is 2.18. The van der Waals surface area contributed by atoms with Crippen molar-refractivity contribution in [1.29, 1.82) is 0 Å². The number of benzene rings is 1. The second-order valence-corrected chi connectivity index (χ2v) is 10.7. The molecule has 3 rings (SSSR count). The molecule has 0 spiro atoms. The van der Waals surface area contributed by atoms with E-state index in [4.69, 9.17) is 5.14 Å². The Morgan fingerprint density at radius 3 is 2.15 bits per heavy atom. The van der Waals surface area contributed by atoms with Crippen LogP contribution in [0.25, 0.3) is 0 Å². The Kier molecular flexibility index (Phi) is 9.10. The van der Waals surface area contributed by atoms with Crippen molar-refractivity contribution in [2.45, 2.75) is 81.3 Å². The molecular weight excluding hydrogens is 442 g/mol. The topological polar surface area (TPSA) is 134 Å². The van der Waals surface area contributed by atoms with Gasteiger partial charge in [0.15, 0.2) is 0 Å². The molecule has 2 fully saturated rings. The fourth-order valence-electron chi connectivity index (χ4n) is 4.58. The summed E-state index contributed by atoms with van der Waals surface area (Å²) in [7, 11) is -3.70. The maximum atomic E-state index is 12.6. The molecule has 1 aliphatic heterocycles. The van der Waals surface area contributed by atoms with E-state index in [9.17, 15) is 18.0 Å². The number of nitrogens with one attached hydrogen (secondary N) is 3. The second kappa shape index (κ2) is 11.8. The molecule has 9 nitrogen and oxygen atoms in total. The molecule has 1 saturated carbocycles. The molecule has 0 aromatic heterocycles. The highest BCUT2D eigenvalue weighted by molar-refractivity contribution is 7.89. The molecule has 1 aromatic rings. The van der Waals surface area contributed by atoms with E-state index < -0.39 is 10.0 Å². The molecule has 1 atom stereocenters. The normalized spacial score (nSPS) is 19.6. The summed E-state index contributed by atoms with van der Waals surface area (Å²) in [6, 6.07) is 6.49. The number of nitrogens with zero attached hydrogens (tertiary/aromatic N) is 1. The summed E-state index contributed by atoms with van der Waals surface area (Å²) < 4.78 is 22.6. The lowest BCUT2D eigenvalue weighted by Crippen LogP contribution is -2.53. The third kappa shape index (κ3) is 7.97. The first-order chi connectivity index (χ1) is 15.7. The number of urea groups is 1. The van der Waals surface area contributed by atoms with Gasteiger partial charge in [-0.1, -0.05) is 31.4 Å². The highest BCUT2D eigenvalue weighted by Gasteiger charge is 2.27. The number of amides is 3. The lowest BCUT2D eigenvalue weighted by atomic mass is 9.96. The maximum absolute atomic E-state index is 12.6. The van der Waals surface area contributed by atoms with Crippen LogP contribution < -0.4 is 21.1 Å². The van der Waals surface area contributed by atoms with Gasteiger partial charge in [0, 0.05) is 31.7 Å². The molecule has 1 aromatic carbocycles. The van der Waals surface area contributed by atoms with Crippen molar-refractivity contribution in [2.75, 3.05) is 19.6 Å². The molecule has 1 heterocycles. The molecule has 1 aliphatic carbocycles. The Morgan fingerprint density at radius 1 is 1.00 bits per heavy atom. The van der Waals surface area contributed by atoms with Gasteiger partial charge in [-0.15, -0.1) is 0 Å². The Morgan fingerprint density at radius 2 is 1.58 bits per heavy atom. The molecule has 0 bridgehead atoms.